The summed E-state index contributed by atoms with van der Waals surface area (Å²) in [5.74, 6) is 1.98. The standard InChI is InChI=1S/C11H18N2O3S/c1-7-3-9(7)6-13-17(14,15)11-4-10(5-12)16-8(11)2/h4,7,9,13H,3,5-6,12H2,1-2H3. The Balaban J connectivity index is 2.10. The Kier molecular flexibility index (Phi) is 3.29. The molecule has 96 valence electrons. The number of furan rings is 1. The van der Waals surface area contributed by atoms with Crippen LogP contribution in [-0.2, 0) is 16.6 Å². The molecule has 0 aromatic carbocycles. The van der Waals surface area contributed by atoms with E-state index in [4.69, 9.17) is 10.2 Å². The van der Waals surface area contributed by atoms with Gasteiger partial charge in [-0.2, -0.15) is 0 Å². The molecule has 0 spiro atoms. The van der Waals surface area contributed by atoms with Gasteiger partial charge in [-0.25, -0.2) is 13.1 Å². The zero-order valence-corrected chi connectivity index (χ0v) is 10.9. The van der Waals surface area contributed by atoms with Crippen LogP contribution in [0.2, 0.25) is 0 Å². The Bertz CT molecular complexity index is 507. The normalized spacial score (nSPS) is 23.9. The second-order valence-corrected chi connectivity index (χ2v) is 6.40. The molecule has 2 rings (SSSR count). The molecule has 1 saturated carbocycles. The third-order valence-electron chi connectivity index (χ3n) is 3.23. The molecule has 0 radical (unpaired) electrons. The summed E-state index contributed by atoms with van der Waals surface area (Å²) in [5.41, 5.74) is 5.42. The summed E-state index contributed by atoms with van der Waals surface area (Å²) in [6.45, 7) is 4.46. The van der Waals surface area contributed by atoms with Gasteiger partial charge in [-0.1, -0.05) is 6.92 Å². The molecule has 2 atom stereocenters. The van der Waals surface area contributed by atoms with E-state index < -0.39 is 10.0 Å². The average Bonchev–Trinajstić information content (AvgIpc) is 2.82. The van der Waals surface area contributed by atoms with Gasteiger partial charge in [0.05, 0.1) is 6.54 Å². The Morgan fingerprint density at radius 3 is 2.71 bits per heavy atom. The highest BCUT2D eigenvalue weighted by Crippen LogP contribution is 2.37. The summed E-state index contributed by atoms with van der Waals surface area (Å²) in [4.78, 5) is 0.200. The lowest BCUT2D eigenvalue weighted by molar-refractivity contribution is 0.478. The molecule has 1 heterocycles. The van der Waals surface area contributed by atoms with E-state index in [1.807, 2.05) is 0 Å². The van der Waals surface area contributed by atoms with Gasteiger partial charge < -0.3 is 10.2 Å². The minimum atomic E-state index is -3.46. The van der Waals surface area contributed by atoms with Crippen molar-refractivity contribution >= 4 is 10.0 Å². The number of sulfonamides is 1. The highest BCUT2D eigenvalue weighted by Gasteiger charge is 2.33. The number of aryl methyl sites for hydroxylation is 1. The molecule has 1 aromatic heterocycles. The molecule has 17 heavy (non-hydrogen) atoms. The van der Waals surface area contributed by atoms with E-state index in [-0.39, 0.29) is 11.4 Å². The van der Waals surface area contributed by atoms with Crippen LogP contribution in [0.3, 0.4) is 0 Å². The van der Waals surface area contributed by atoms with Crippen molar-refractivity contribution in [2.75, 3.05) is 6.54 Å². The van der Waals surface area contributed by atoms with Gasteiger partial charge in [-0.15, -0.1) is 0 Å². The Morgan fingerprint density at radius 2 is 2.24 bits per heavy atom. The lowest BCUT2D eigenvalue weighted by Crippen LogP contribution is -2.26. The van der Waals surface area contributed by atoms with Gasteiger partial charge in [0, 0.05) is 12.6 Å². The van der Waals surface area contributed by atoms with E-state index in [1.54, 1.807) is 6.92 Å². The largest absolute Gasteiger partial charge is 0.464 e. The van der Waals surface area contributed by atoms with E-state index in [1.165, 1.54) is 6.07 Å². The molecule has 1 aliphatic rings. The van der Waals surface area contributed by atoms with Crippen LogP contribution in [-0.4, -0.2) is 15.0 Å². The molecule has 1 aliphatic carbocycles. The van der Waals surface area contributed by atoms with Crippen LogP contribution in [0.15, 0.2) is 15.4 Å². The van der Waals surface area contributed by atoms with Crippen molar-refractivity contribution in [3.05, 3.63) is 17.6 Å². The lowest BCUT2D eigenvalue weighted by atomic mass is 10.3. The van der Waals surface area contributed by atoms with Crippen molar-refractivity contribution in [3.8, 4) is 0 Å². The van der Waals surface area contributed by atoms with Gasteiger partial charge in [0.1, 0.15) is 16.4 Å². The number of hydrogen-bond donors (Lipinski definition) is 2. The number of nitrogens with two attached hydrogens (primary N) is 1. The quantitative estimate of drug-likeness (QED) is 0.824. The fourth-order valence-electron chi connectivity index (χ4n) is 1.87. The number of rotatable bonds is 5. The highest BCUT2D eigenvalue weighted by molar-refractivity contribution is 7.89. The second kappa shape index (κ2) is 4.44. The molecule has 0 aliphatic heterocycles. The maximum absolute atomic E-state index is 12.0. The molecule has 0 bridgehead atoms. The van der Waals surface area contributed by atoms with E-state index in [0.717, 1.165) is 6.42 Å². The van der Waals surface area contributed by atoms with E-state index in [2.05, 4.69) is 11.6 Å². The number of nitrogens with one attached hydrogen (secondary N) is 1. The molecule has 5 nitrogen and oxygen atoms in total. The highest BCUT2D eigenvalue weighted by atomic mass is 32.2. The first kappa shape index (κ1) is 12.6. The van der Waals surface area contributed by atoms with Gasteiger partial charge >= 0.3 is 0 Å². The number of hydrogen-bond acceptors (Lipinski definition) is 4. The minimum absolute atomic E-state index is 0.200. The molecule has 3 N–H and O–H groups in total. The van der Waals surface area contributed by atoms with E-state index in [9.17, 15) is 8.42 Å². The third-order valence-corrected chi connectivity index (χ3v) is 4.76. The second-order valence-electron chi connectivity index (χ2n) is 4.66. The van der Waals surface area contributed by atoms with Crippen molar-refractivity contribution in [3.63, 3.8) is 0 Å². The van der Waals surface area contributed by atoms with Crippen LogP contribution in [0.1, 0.15) is 24.9 Å². The molecular weight excluding hydrogens is 240 g/mol. The van der Waals surface area contributed by atoms with Crippen LogP contribution in [0.25, 0.3) is 0 Å². The molecule has 1 aromatic rings. The molecule has 0 saturated heterocycles. The van der Waals surface area contributed by atoms with Crippen molar-refractivity contribution in [1.82, 2.24) is 4.72 Å². The molecule has 0 amide bonds. The maximum atomic E-state index is 12.0. The van der Waals surface area contributed by atoms with Crippen molar-refractivity contribution in [2.45, 2.75) is 31.7 Å². The van der Waals surface area contributed by atoms with Crippen LogP contribution < -0.4 is 10.5 Å². The third kappa shape index (κ3) is 2.70. The van der Waals surface area contributed by atoms with Crippen LogP contribution in [0.5, 0.6) is 0 Å². The van der Waals surface area contributed by atoms with Crippen LogP contribution in [0.4, 0.5) is 0 Å². The zero-order chi connectivity index (χ0) is 12.6. The Morgan fingerprint density at radius 1 is 1.59 bits per heavy atom. The lowest BCUT2D eigenvalue weighted by Gasteiger charge is -2.04. The first-order valence-corrected chi connectivity index (χ1v) is 7.21. The smallest absolute Gasteiger partial charge is 0.244 e. The Hall–Kier alpha value is -0.850. The van der Waals surface area contributed by atoms with Gasteiger partial charge in [-0.05, 0) is 25.2 Å². The molecule has 2 unspecified atom stereocenters. The van der Waals surface area contributed by atoms with Crippen molar-refractivity contribution in [2.24, 2.45) is 17.6 Å². The molecule has 1 fully saturated rings. The molecule has 6 heteroatoms. The molecular formula is C11H18N2O3S. The summed E-state index contributed by atoms with van der Waals surface area (Å²) >= 11 is 0. The monoisotopic (exact) mass is 258 g/mol. The first-order chi connectivity index (χ1) is 7.94. The van der Waals surface area contributed by atoms with Crippen LogP contribution in [0, 0.1) is 18.8 Å². The van der Waals surface area contributed by atoms with E-state index >= 15 is 0 Å². The SMILES string of the molecule is Cc1oc(CN)cc1S(=O)(=O)NCC1CC1C. The summed E-state index contributed by atoms with van der Waals surface area (Å²) in [6.07, 6.45) is 1.10. The summed E-state index contributed by atoms with van der Waals surface area (Å²) < 4.78 is 31.9. The topological polar surface area (TPSA) is 85.3 Å². The predicted molar refractivity (Wildman–Crippen MR) is 63.8 cm³/mol. The first-order valence-electron chi connectivity index (χ1n) is 5.73. The predicted octanol–water partition coefficient (Wildman–Crippen LogP) is 0.981. The van der Waals surface area contributed by atoms with E-state index in [0.29, 0.717) is 29.9 Å². The van der Waals surface area contributed by atoms with Crippen molar-refractivity contribution in [1.29, 1.82) is 0 Å². The average molecular weight is 258 g/mol. The fraction of sp³-hybridized carbons (Fsp3) is 0.636. The van der Waals surface area contributed by atoms with Crippen LogP contribution >= 0.6 is 0 Å². The maximum Gasteiger partial charge on any atom is 0.244 e. The van der Waals surface area contributed by atoms with Gasteiger partial charge in [0.2, 0.25) is 10.0 Å². The summed E-state index contributed by atoms with van der Waals surface area (Å²) in [6, 6.07) is 1.49. The minimum Gasteiger partial charge on any atom is -0.464 e. The summed E-state index contributed by atoms with van der Waals surface area (Å²) in [5, 5.41) is 0. The fourth-order valence-corrected chi connectivity index (χ4v) is 3.17. The zero-order valence-electron chi connectivity index (χ0n) is 10.1. The van der Waals surface area contributed by atoms with Gasteiger partial charge in [-0.3, -0.25) is 0 Å². The Labute approximate surface area is 101 Å². The van der Waals surface area contributed by atoms with Gasteiger partial charge in [0.15, 0.2) is 0 Å². The van der Waals surface area contributed by atoms with Gasteiger partial charge in [0.25, 0.3) is 0 Å². The van der Waals surface area contributed by atoms with Crippen molar-refractivity contribution < 1.29 is 12.8 Å². The summed E-state index contributed by atoms with van der Waals surface area (Å²) in [7, 11) is -3.46.